The maximum atomic E-state index is 6.18. The molecule has 25 heavy (non-hydrogen) atoms. The maximum Gasteiger partial charge on any atom is 0.142 e. The Morgan fingerprint density at radius 2 is 1.96 bits per heavy atom. The number of halogens is 2. The third-order valence-corrected chi connectivity index (χ3v) is 4.46. The number of hydrogen-bond donors (Lipinski definition) is 1. The lowest BCUT2D eigenvalue weighted by Crippen LogP contribution is -2.18. The molecule has 5 nitrogen and oxygen atoms in total. The average Bonchev–Trinajstić information content (AvgIpc) is 3.14. The van der Waals surface area contributed by atoms with E-state index >= 15 is 0 Å². The van der Waals surface area contributed by atoms with Crippen LogP contribution < -0.4 is 10.1 Å². The minimum Gasteiger partial charge on any atom is -0.495 e. The van der Waals surface area contributed by atoms with Crippen LogP contribution in [-0.2, 0) is 6.54 Å². The van der Waals surface area contributed by atoms with Crippen molar-refractivity contribution in [1.82, 2.24) is 20.1 Å². The van der Waals surface area contributed by atoms with Gasteiger partial charge in [0.2, 0.25) is 0 Å². The second-order valence-corrected chi connectivity index (χ2v) is 6.46. The molecule has 0 aliphatic rings. The van der Waals surface area contributed by atoms with Crippen LogP contribution in [0.1, 0.15) is 24.1 Å². The van der Waals surface area contributed by atoms with E-state index in [-0.39, 0.29) is 6.04 Å². The Balaban J connectivity index is 1.70. The predicted octanol–water partition coefficient (Wildman–Crippen LogP) is 4.43. The maximum absolute atomic E-state index is 6.18. The Morgan fingerprint density at radius 1 is 1.20 bits per heavy atom. The van der Waals surface area contributed by atoms with Gasteiger partial charge in [-0.15, -0.1) is 0 Å². The number of benzene rings is 2. The van der Waals surface area contributed by atoms with Gasteiger partial charge in [0.1, 0.15) is 18.4 Å². The Hall–Kier alpha value is -2.08. The SMILES string of the molecule is COc1c(Cl)cc(Cl)cc1CNC(C)c1ccc(-n2cncn2)cc1. The van der Waals surface area contributed by atoms with Crippen molar-refractivity contribution in [2.75, 3.05) is 7.11 Å². The summed E-state index contributed by atoms with van der Waals surface area (Å²) in [6.07, 6.45) is 3.19. The molecular formula is C18H18Cl2N4O. The van der Waals surface area contributed by atoms with Crippen molar-refractivity contribution in [2.45, 2.75) is 19.5 Å². The molecule has 0 aliphatic heterocycles. The molecule has 0 bridgehead atoms. The quantitative estimate of drug-likeness (QED) is 0.690. The molecule has 0 saturated carbocycles. The highest BCUT2D eigenvalue weighted by Gasteiger charge is 2.12. The first-order chi connectivity index (χ1) is 12.1. The highest BCUT2D eigenvalue weighted by molar-refractivity contribution is 6.35. The van der Waals surface area contributed by atoms with E-state index in [1.807, 2.05) is 18.2 Å². The highest BCUT2D eigenvalue weighted by atomic mass is 35.5. The van der Waals surface area contributed by atoms with Crippen LogP contribution in [0, 0.1) is 0 Å². The largest absolute Gasteiger partial charge is 0.495 e. The van der Waals surface area contributed by atoms with Crippen LogP contribution in [0.3, 0.4) is 0 Å². The molecule has 0 radical (unpaired) electrons. The van der Waals surface area contributed by atoms with Gasteiger partial charge in [-0.05, 0) is 36.8 Å². The number of nitrogens with one attached hydrogen (secondary N) is 1. The van der Waals surface area contributed by atoms with Crippen LogP contribution in [-0.4, -0.2) is 21.9 Å². The molecule has 130 valence electrons. The molecule has 1 unspecified atom stereocenters. The molecule has 3 rings (SSSR count). The lowest BCUT2D eigenvalue weighted by atomic mass is 10.1. The summed E-state index contributed by atoms with van der Waals surface area (Å²) >= 11 is 12.3. The van der Waals surface area contributed by atoms with Gasteiger partial charge in [0, 0.05) is 23.2 Å². The Labute approximate surface area is 156 Å². The van der Waals surface area contributed by atoms with Gasteiger partial charge < -0.3 is 10.1 Å². The summed E-state index contributed by atoms with van der Waals surface area (Å²) in [6.45, 7) is 2.69. The Kier molecular flexibility index (Phi) is 5.58. The topological polar surface area (TPSA) is 52.0 Å². The van der Waals surface area contributed by atoms with E-state index < -0.39 is 0 Å². The van der Waals surface area contributed by atoms with Crippen molar-refractivity contribution in [3.05, 3.63) is 70.2 Å². The number of aromatic nitrogens is 3. The summed E-state index contributed by atoms with van der Waals surface area (Å²) in [5, 5.41) is 8.69. The van der Waals surface area contributed by atoms with Crippen molar-refractivity contribution in [2.24, 2.45) is 0 Å². The third-order valence-electron chi connectivity index (χ3n) is 3.96. The lowest BCUT2D eigenvalue weighted by molar-refractivity contribution is 0.406. The fourth-order valence-electron chi connectivity index (χ4n) is 2.61. The number of nitrogens with zero attached hydrogens (tertiary/aromatic N) is 3. The van der Waals surface area contributed by atoms with Crippen molar-refractivity contribution >= 4 is 23.2 Å². The number of rotatable bonds is 6. The minimum atomic E-state index is 0.146. The van der Waals surface area contributed by atoms with E-state index in [1.54, 1.807) is 24.2 Å². The zero-order chi connectivity index (χ0) is 17.8. The summed E-state index contributed by atoms with van der Waals surface area (Å²) in [5.74, 6) is 0.646. The molecule has 0 spiro atoms. The molecule has 1 aromatic heterocycles. The van der Waals surface area contributed by atoms with Crippen LogP contribution >= 0.6 is 23.2 Å². The van der Waals surface area contributed by atoms with Crippen molar-refractivity contribution in [1.29, 1.82) is 0 Å². The van der Waals surface area contributed by atoms with Gasteiger partial charge in [-0.25, -0.2) is 9.67 Å². The molecule has 0 aliphatic carbocycles. The molecule has 2 aromatic carbocycles. The first-order valence-corrected chi connectivity index (χ1v) is 8.54. The molecule has 1 N–H and O–H groups in total. The fraction of sp³-hybridized carbons (Fsp3) is 0.222. The molecule has 3 aromatic rings. The predicted molar refractivity (Wildman–Crippen MR) is 99.6 cm³/mol. The Morgan fingerprint density at radius 3 is 2.60 bits per heavy atom. The summed E-state index contributed by atoms with van der Waals surface area (Å²) in [5.41, 5.74) is 3.05. The molecule has 1 heterocycles. The minimum absolute atomic E-state index is 0.146. The van der Waals surface area contributed by atoms with E-state index in [4.69, 9.17) is 27.9 Å². The van der Waals surface area contributed by atoms with Crippen LogP contribution in [0.5, 0.6) is 5.75 Å². The average molecular weight is 377 g/mol. The van der Waals surface area contributed by atoms with Crippen LogP contribution in [0.25, 0.3) is 5.69 Å². The zero-order valence-electron chi connectivity index (χ0n) is 13.9. The second-order valence-electron chi connectivity index (χ2n) is 5.61. The Bertz CT molecular complexity index is 835. The van der Waals surface area contributed by atoms with Crippen molar-refractivity contribution < 1.29 is 4.74 Å². The number of ether oxygens (including phenoxy) is 1. The zero-order valence-corrected chi connectivity index (χ0v) is 15.4. The molecule has 1 atom stereocenters. The monoisotopic (exact) mass is 376 g/mol. The van der Waals surface area contributed by atoms with Crippen molar-refractivity contribution in [3.63, 3.8) is 0 Å². The van der Waals surface area contributed by atoms with Crippen LogP contribution in [0.4, 0.5) is 0 Å². The number of hydrogen-bond acceptors (Lipinski definition) is 4. The number of methoxy groups -OCH3 is 1. The van der Waals surface area contributed by atoms with Gasteiger partial charge in [-0.3, -0.25) is 0 Å². The second kappa shape index (κ2) is 7.87. The normalized spacial score (nSPS) is 12.2. The molecule has 0 saturated heterocycles. The first kappa shape index (κ1) is 17.7. The van der Waals surface area contributed by atoms with Gasteiger partial charge in [0.25, 0.3) is 0 Å². The van der Waals surface area contributed by atoms with E-state index in [2.05, 4.69) is 34.5 Å². The van der Waals surface area contributed by atoms with Gasteiger partial charge >= 0.3 is 0 Å². The van der Waals surface area contributed by atoms with E-state index in [9.17, 15) is 0 Å². The molecule has 7 heteroatoms. The lowest BCUT2D eigenvalue weighted by Gasteiger charge is -2.17. The standard InChI is InChI=1S/C18H18Cl2N4O/c1-12(13-3-5-16(6-4-13)24-11-21-10-23-24)22-9-14-7-15(19)8-17(20)18(14)25-2/h3-8,10-12,22H,9H2,1-2H3. The summed E-state index contributed by atoms with van der Waals surface area (Å²) in [6, 6.07) is 11.8. The van der Waals surface area contributed by atoms with Crippen LogP contribution in [0.2, 0.25) is 10.0 Å². The van der Waals surface area contributed by atoms with Gasteiger partial charge in [-0.2, -0.15) is 5.10 Å². The van der Waals surface area contributed by atoms with E-state index in [1.165, 1.54) is 6.33 Å². The fourth-order valence-corrected chi connectivity index (χ4v) is 3.22. The van der Waals surface area contributed by atoms with Crippen molar-refractivity contribution in [3.8, 4) is 11.4 Å². The molecule has 0 fully saturated rings. The van der Waals surface area contributed by atoms with Gasteiger partial charge in [-0.1, -0.05) is 35.3 Å². The first-order valence-electron chi connectivity index (χ1n) is 7.78. The van der Waals surface area contributed by atoms with Gasteiger partial charge in [0.05, 0.1) is 17.8 Å². The van der Waals surface area contributed by atoms with Gasteiger partial charge in [0.15, 0.2) is 0 Å². The summed E-state index contributed by atoms with van der Waals surface area (Å²) in [7, 11) is 1.60. The molecule has 0 amide bonds. The smallest absolute Gasteiger partial charge is 0.142 e. The highest BCUT2D eigenvalue weighted by Crippen LogP contribution is 2.32. The summed E-state index contributed by atoms with van der Waals surface area (Å²) in [4.78, 5) is 3.96. The molecular weight excluding hydrogens is 359 g/mol. The third kappa shape index (κ3) is 4.12. The van der Waals surface area contributed by atoms with Crippen LogP contribution in [0.15, 0.2) is 49.1 Å². The summed E-state index contributed by atoms with van der Waals surface area (Å²) < 4.78 is 7.10. The van der Waals surface area contributed by atoms with E-state index in [0.717, 1.165) is 16.8 Å². The van der Waals surface area contributed by atoms with E-state index in [0.29, 0.717) is 22.3 Å².